The molecule has 1 atom stereocenters. The number of aromatic amines is 1. The number of carbonyl (C=O) groups is 1. The van der Waals surface area contributed by atoms with Crippen LogP contribution < -0.4 is 11.1 Å². The maximum absolute atomic E-state index is 11.4. The lowest BCUT2D eigenvalue weighted by atomic mass is 10.1. The van der Waals surface area contributed by atoms with Gasteiger partial charge in [0.2, 0.25) is 11.9 Å². The number of amides is 1. The zero-order chi connectivity index (χ0) is 9.84. The van der Waals surface area contributed by atoms with Crippen molar-refractivity contribution in [3.05, 3.63) is 12.4 Å². The van der Waals surface area contributed by atoms with Gasteiger partial charge >= 0.3 is 0 Å². The van der Waals surface area contributed by atoms with Gasteiger partial charge in [0.1, 0.15) is 0 Å². The Morgan fingerprint density at radius 2 is 2.38 bits per heavy atom. The van der Waals surface area contributed by atoms with Gasteiger partial charge in [-0.1, -0.05) is 13.8 Å². The summed E-state index contributed by atoms with van der Waals surface area (Å²) in [6, 6.07) is -0.495. The van der Waals surface area contributed by atoms with Gasteiger partial charge in [-0.25, -0.2) is 4.98 Å². The van der Waals surface area contributed by atoms with Gasteiger partial charge in [-0.15, -0.1) is 0 Å². The molecule has 72 valence electrons. The average Bonchev–Trinajstić information content (AvgIpc) is 2.55. The summed E-state index contributed by atoms with van der Waals surface area (Å²) >= 11 is 0. The van der Waals surface area contributed by atoms with E-state index in [9.17, 15) is 4.79 Å². The molecule has 1 amide bonds. The fourth-order valence-electron chi connectivity index (χ4n) is 0.836. The van der Waals surface area contributed by atoms with Crippen molar-refractivity contribution in [1.29, 1.82) is 0 Å². The largest absolute Gasteiger partial charge is 0.331 e. The summed E-state index contributed by atoms with van der Waals surface area (Å²) in [5, 5.41) is 2.57. The van der Waals surface area contributed by atoms with Crippen LogP contribution in [0.2, 0.25) is 0 Å². The van der Waals surface area contributed by atoms with Crippen molar-refractivity contribution in [2.75, 3.05) is 5.32 Å². The number of nitrogens with one attached hydrogen (secondary N) is 2. The lowest BCUT2D eigenvalue weighted by molar-refractivity contribution is -0.118. The number of imidazole rings is 1. The van der Waals surface area contributed by atoms with Gasteiger partial charge in [0.05, 0.1) is 6.04 Å². The fourth-order valence-corrected chi connectivity index (χ4v) is 0.836. The topological polar surface area (TPSA) is 83.8 Å². The lowest BCUT2D eigenvalue weighted by Gasteiger charge is -2.13. The second kappa shape index (κ2) is 4.04. The molecule has 0 aliphatic heterocycles. The van der Waals surface area contributed by atoms with E-state index in [1.54, 1.807) is 12.4 Å². The van der Waals surface area contributed by atoms with E-state index in [4.69, 9.17) is 5.73 Å². The monoisotopic (exact) mass is 182 g/mol. The molecular formula is C8H14N4O. The van der Waals surface area contributed by atoms with Crippen molar-refractivity contribution < 1.29 is 4.79 Å². The highest BCUT2D eigenvalue weighted by atomic mass is 16.2. The van der Waals surface area contributed by atoms with E-state index in [1.165, 1.54) is 0 Å². The van der Waals surface area contributed by atoms with Crippen molar-refractivity contribution in [2.45, 2.75) is 19.9 Å². The number of rotatable bonds is 3. The van der Waals surface area contributed by atoms with Crippen LogP contribution in [-0.2, 0) is 4.79 Å². The smallest absolute Gasteiger partial charge is 0.243 e. The molecule has 0 saturated carbocycles. The first-order valence-electron chi connectivity index (χ1n) is 4.17. The van der Waals surface area contributed by atoms with Crippen LogP contribution in [0.5, 0.6) is 0 Å². The number of nitrogens with zero attached hydrogens (tertiary/aromatic N) is 1. The zero-order valence-corrected chi connectivity index (χ0v) is 7.74. The number of anilines is 1. The molecule has 0 bridgehead atoms. The van der Waals surface area contributed by atoms with Gasteiger partial charge < -0.3 is 10.7 Å². The molecule has 1 aromatic heterocycles. The maximum atomic E-state index is 11.4. The van der Waals surface area contributed by atoms with Crippen LogP contribution in [0.15, 0.2) is 12.4 Å². The van der Waals surface area contributed by atoms with Gasteiger partial charge in [0.25, 0.3) is 0 Å². The first-order valence-corrected chi connectivity index (χ1v) is 4.17. The fraction of sp³-hybridized carbons (Fsp3) is 0.500. The summed E-state index contributed by atoms with van der Waals surface area (Å²) in [6.45, 7) is 3.79. The van der Waals surface area contributed by atoms with E-state index in [-0.39, 0.29) is 11.8 Å². The van der Waals surface area contributed by atoms with Crippen molar-refractivity contribution in [2.24, 2.45) is 11.7 Å². The van der Waals surface area contributed by atoms with E-state index in [0.717, 1.165) is 0 Å². The van der Waals surface area contributed by atoms with Gasteiger partial charge in [0, 0.05) is 12.4 Å². The number of aromatic nitrogens is 2. The first kappa shape index (κ1) is 9.73. The standard InChI is InChI=1S/C8H14N4O/c1-5(2)6(9)7(13)12-8-10-3-4-11-8/h3-6H,9H2,1-2H3,(H2,10,11,12,13). The number of H-pyrrole nitrogens is 1. The molecule has 5 heteroatoms. The predicted octanol–water partition coefficient (Wildman–Crippen LogP) is 0.331. The summed E-state index contributed by atoms with van der Waals surface area (Å²) < 4.78 is 0. The van der Waals surface area contributed by atoms with E-state index in [2.05, 4.69) is 15.3 Å². The Balaban J connectivity index is 2.51. The summed E-state index contributed by atoms with van der Waals surface area (Å²) in [4.78, 5) is 18.0. The molecule has 1 rings (SSSR count). The van der Waals surface area contributed by atoms with Gasteiger partial charge in [-0.3, -0.25) is 10.1 Å². The minimum absolute atomic E-state index is 0.120. The molecule has 1 heterocycles. The van der Waals surface area contributed by atoms with Crippen molar-refractivity contribution >= 4 is 11.9 Å². The Hall–Kier alpha value is -1.36. The third-order valence-corrected chi connectivity index (χ3v) is 1.76. The van der Waals surface area contributed by atoms with Crippen LogP contribution in [-0.4, -0.2) is 21.9 Å². The van der Waals surface area contributed by atoms with E-state index in [0.29, 0.717) is 5.95 Å². The molecule has 0 fully saturated rings. The number of hydrogen-bond acceptors (Lipinski definition) is 3. The van der Waals surface area contributed by atoms with Crippen LogP contribution in [0, 0.1) is 5.92 Å². The molecule has 5 nitrogen and oxygen atoms in total. The predicted molar refractivity (Wildman–Crippen MR) is 50.0 cm³/mol. The van der Waals surface area contributed by atoms with E-state index in [1.807, 2.05) is 13.8 Å². The summed E-state index contributed by atoms with van der Waals surface area (Å²) in [5.41, 5.74) is 5.62. The van der Waals surface area contributed by atoms with E-state index < -0.39 is 6.04 Å². The molecule has 4 N–H and O–H groups in total. The van der Waals surface area contributed by atoms with Crippen molar-refractivity contribution in [1.82, 2.24) is 9.97 Å². The van der Waals surface area contributed by atoms with Crippen LogP contribution in [0.3, 0.4) is 0 Å². The summed E-state index contributed by atoms with van der Waals surface area (Å²) in [5.74, 6) is 0.334. The normalized spacial score (nSPS) is 12.9. The van der Waals surface area contributed by atoms with Gasteiger partial charge in [-0.05, 0) is 5.92 Å². The molecule has 1 aromatic rings. The third kappa shape index (κ3) is 2.55. The molecule has 13 heavy (non-hydrogen) atoms. The molecule has 0 saturated heterocycles. The molecular weight excluding hydrogens is 168 g/mol. The molecule has 1 unspecified atom stereocenters. The summed E-state index contributed by atoms with van der Waals surface area (Å²) in [7, 11) is 0. The minimum Gasteiger partial charge on any atom is -0.331 e. The lowest BCUT2D eigenvalue weighted by Crippen LogP contribution is -2.39. The van der Waals surface area contributed by atoms with Gasteiger partial charge in [0.15, 0.2) is 0 Å². The molecule has 0 radical (unpaired) electrons. The van der Waals surface area contributed by atoms with Crippen molar-refractivity contribution in [3.63, 3.8) is 0 Å². The molecule has 0 aliphatic rings. The van der Waals surface area contributed by atoms with Gasteiger partial charge in [-0.2, -0.15) is 0 Å². The van der Waals surface area contributed by atoms with Crippen LogP contribution in [0.25, 0.3) is 0 Å². The highest BCUT2D eigenvalue weighted by Crippen LogP contribution is 2.02. The Morgan fingerprint density at radius 1 is 1.69 bits per heavy atom. The molecule has 0 aromatic carbocycles. The van der Waals surface area contributed by atoms with Crippen LogP contribution in [0.1, 0.15) is 13.8 Å². The van der Waals surface area contributed by atoms with Crippen molar-refractivity contribution in [3.8, 4) is 0 Å². The summed E-state index contributed by atoms with van der Waals surface area (Å²) in [6.07, 6.45) is 3.20. The Morgan fingerprint density at radius 3 is 2.85 bits per heavy atom. The highest BCUT2D eigenvalue weighted by molar-refractivity contribution is 5.93. The second-order valence-corrected chi connectivity index (χ2v) is 3.20. The molecule has 0 aliphatic carbocycles. The first-order chi connectivity index (χ1) is 6.11. The maximum Gasteiger partial charge on any atom is 0.243 e. The van der Waals surface area contributed by atoms with E-state index >= 15 is 0 Å². The Bertz CT molecular complexity index is 268. The third-order valence-electron chi connectivity index (χ3n) is 1.76. The quantitative estimate of drug-likeness (QED) is 0.630. The number of carbonyl (C=O) groups excluding carboxylic acids is 1. The zero-order valence-electron chi connectivity index (χ0n) is 7.74. The van der Waals surface area contributed by atoms with Crippen LogP contribution in [0.4, 0.5) is 5.95 Å². The Labute approximate surface area is 76.7 Å². The number of hydrogen-bond donors (Lipinski definition) is 3. The highest BCUT2D eigenvalue weighted by Gasteiger charge is 2.17. The average molecular weight is 182 g/mol. The van der Waals surface area contributed by atoms with Crippen LogP contribution >= 0.6 is 0 Å². The second-order valence-electron chi connectivity index (χ2n) is 3.20. The number of nitrogens with two attached hydrogens (primary N) is 1. The Kier molecular flexibility index (Phi) is 3.02. The minimum atomic E-state index is -0.495. The molecule has 0 spiro atoms. The SMILES string of the molecule is CC(C)C(N)C(=O)Nc1ncc[nH]1.